The standard InChI is InChI=1S/C26H42O3/c1-4-6-8-10-11-13-15-24(14-12-9-7-5-2)22-29-26(27)21-18-23-16-19-25(28-3)20-17-23/h16-21,24H,4-15,22H2,1-3H3. The summed E-state index contributed by atoms with van der Waals surface area (Å²) in [6, 6.07) is 7.63. The van der Waals surface area contributed by atoms with Crippen LogP contribution < -0.4 is 4.74 Å². The minimum absolute atomic E-state index is 0.248. The van der Waals surface area contributed by atoms with Crippen molar-refractivity contribution in [2.45, 2.75) is 90.9 Å². The maximum atomic E-state index is 12.1. The van der Waals surface area contributed by atoms with Crippen molar-refractivity contribution in [1.82, 2.24) is 0 Å². The lowest BCUT2D eigenvalue weighted by Gasteiger charge is -2.16. The molecule has 0 heterocycles. The molecule has 0 aliphatic carbocycles. The van der Waals surface area contributed by atoms with Gasteiger partial charge in [-0.25, -0.2) is 4.79 Å². The van der Waals surface area contributed by atoms with E-state index in [1.54, 1.807) is 13.2 Å². The van der Waals surface area contributed by atoms with Crippen LogP contribution in [0.3, 0.4) is 0 Å². The molecule has 0 saturated heterocycles. The van der Waals surface area contributed by atoms with Crippen LogP contribution in [0.2, 0.25) is 0 Å². The molecule has 0 spiro atoms. The molecule has 0 N–H and O–H groups in total. The molecule has 0 aromatic heterocycles. The Morgan fingerprint density at radius 3 is 2.00 bits per heavy atom. The maximum Gasteiger partial charge on any atom is 0.330 e. The van der Waals surface area contributed by atoms with Crippen LogP contribution in [-0.4, -0.2) is 19.7 Å². The van der Waals surface area contributed by atoms with Crippen LogP contribution in [0.1, 0.15) is 96.5 Å². The van der Waals surface area contributed by atoms with Gasteiger partial charge in [-0.15, -0.1) is 0 Å². The van der Waals surface area contributed by atoms with Gasteiger partial charge in [-0.1, -0.05) is 90.2 Å². The number of carbonyl (C=O) groups excluding carboxylic acids is 1. The van der Waals surface area contributed by atoms with Crippen LogP contribution in [0.25, 0.3) is 6.08 Å². The SMILES string of the molecule is CCCCCCCCC(CCCCCC)COC(=O)C=Cc1ccc(OC)cc1. The summed E-state index contributed by atoms with van der Waals surface area (Å²) in [6.07, 6.45) is 18.6. The summed E-state index contributed by atoms with van der Waals surface area (Å²) in [4.78, 5) is 12.1. The Morgan fingerprint density at radius 1 is 0.862 bits per heavy atom. The molecule has 29 heavy (non-hydrogen) atoms. The third-order valence-corrected chi connectivity index (χ3v) is 5.42. The van der Waals surface area contributed by atoms with Crippen molar-refractivity contribution in [3.05, 3.63) is 35.9 Å². The fourth-order valence-electron chi connectivity index (χ4n) is 3.51. The van der Waals surface area contributed by atoms with Crippen LogP contribution >= 0.6 is 0 Å². The van der Waals surface area contributed by atoms with Crippen LogP contribution in [0.15, 0.2) is 30.3 Å². The van der Waals surface area contributed by atoms with Gasteiger partial charge in [0.15, 0.2) is 0 Å². The van der Waals surface area contributed by atoms with Crippen molar-refractivity contribution in [3.8, 4) is 5.75 Å². The van der Waals surface area contributed by atoms with E-state index in [0.717, 1.165) is 11.3 Å². The zero-order valence-electron chi connectivity index (χ0n) is 19.0. The Bertz CT molecular complexity index is 548. The van der Waals surface area contributed by atoms with E-state index in [1.165, 1.54) is 83.1 Å². The summed E-state index contributed by atoms with van der Waals surface area (Å²) in [7, 11) is 1.64. The van der Waals surface area contributed by atoms with Crippen molar-refractivity contribution in [1.29, 1.82) is 0 Å². The number of hydrogen-bond donors (Lipinski definition) is 0. The van der Waals surface area contributed by atoms with Gasteiger partial charge in [0.1, 0.15) is 5.75 Å². The molecule has 3 nitrogen and oxygen atoms in total. The molecule has 0 aliphatic rings. The van der Waals surface area contributed by atoms with E-state index >= 15 is 0 Å². The van der Waals surface area contributed by atoms with Gasteiger partial charge in [-0.2, -0.15) is 0 Å². The Kier molecular flexibility index (Phi) is 14.9. The highest BCUT2D eigenvalue weighted by atomic mass is 16.5. The minimum atomic E-state index is -0.248. The predicted octanol–water partition coefficient (Wildman–Crippen LogP) is 7.59. The Labute approximate surface area is 178 Å². The first-order valence-electron chi connectivity index (χ1n) is 11.7. The van der Waals surface area contributed by atoms with Crippen LogP contribution in [0, 0.1) is 5.92 Å². The first-order valence-corrected chi connectivity index (χ1v) is 11.7. The van der Waals surface area contributed by atoms with Gasteiger partial charge < -0.3 is 9.47 Å². The van der Waals surface area contributed by atoms with Gasteiger partial charge in [0.05, 0.1) is 13.7 Å². The molecule has 1 aromatic carbocycles. The number of hydrogen-bond acceptors (Lipinski definition) is 3. The lowest BCUT2D eigenvalue weighted by atomic mass is 9.95. The summed E-state index contributed by atoms with van der Waals surface area (Å²) in [5.74, 6) is 1.06. The Morgan fingerprint density at radius 2 is 1.41 bits per heavy atom. The molecule has 0 amide bonds. The molecule has 0 radical (unpaired) electrons. The quantitative estimate of drug-likeness (QED) is 0.153. The van der Waals surface area contributed by atoms with Crippen molar-refractivity contribution >= 4 is 12.0 Å². The van der Waals surface area contributed by atoms with Gasteiger partial charge in [0, 0.05) is 6.08 Å². The molecular weight excluding hydrogens is 360 g/mol. The van der Waals surface area contributed by atoms with E-state index in [1.807, 2.05) is 24.3 Å². The monoisotopic (exact) mass is 402 g/mol. The molecule has 164 valence electrons. The van der Waals surface area contributed by atoms with Crippen molar-refractivity contribution in [2.75, 3.05) is 13.7 Å². The van der Waals surface area contributed by atoms with Crippen molar-refractivity contribution in [2.24, 2.45) is 5.92 Å². The van der Waals surface area contributed by atoms with E-state index in [0.29, 0.717) is 12.5 Å². The number of carbonyl (C=O) groups is 1. The lowest BCUT2D eigenvalue weighted by Crippen LogP contribution is -2.13. The summed E-state index contributed by atoms with van der Waals surface area (Å²) >= 11 is 0. The molecule has 0 aliphatic heterocycles. The van der Waals surface area contributed by atoms with Crippen LogP contribution in [0.4, 0.5) is 0 Å². The van der Waals surface area contributed by atoms with E-state index in [2.05, 4.69) is 13.8 Å². The molecule has 1 atom stereocenters. The fraction of sp³-hybridized carbons (Fsp3) is 0.654. The fourth-order valence-corrected chi connectivity index (χ4v) is 3.51. The highest BCUT2D eigenvalue weighted by molar-refractivity contribution is 5.87. The van der Waals surface area contributed by atoms with Crippen molar-refractivity contribution < 1.29 is 14.3 Å². The van der Waals surface area contributed by atoms with E-state index in [4.69, 9.17) is 9.47 Å². The van der Waals surface area contributed by atoms with Crippen LogP contribution in [-0.2, 0) is 9.53 Å². The lowest BCUT2D eigenvalue weighted by molar-refractivity contribution is -0.139. The van der Waals surface area contributed by atoms with E-state index in [-0.39, 0.29) is 5.97 Å². The second kappa shape index (κ2) is 17.1. The molecule has 1 rings (SSSR count). The first kappa shape index (κ1) is 25.3. The zero-order chi connectivity index (χ0) is 21.2. The number of ether oxygens (including phenoxy) is 2. The Hall–Kier alpha value is -1.77. The molecule has 1 aromatic rings. The van der Waals surface area contributed by atoms with Gasteiger partial charge >= 0.3 is 5.97 Å². The molecule has 1 unspecified atom stereocenters. The van der Waals surface area contributed by atoms with Gasteiger partial charge in [0.2, 0.25) is 0 Å². The van der Waals surface area contributed by atoms with Gasteiger partial charge in [-0.05, 0) is 42.5 Å². The molecule has 3 heteroatoms. The Balaban J connectivity index is 2.37. The highest BCUT2D eigenvalue weighted by Crippen LogP contribution is 2.19. The normalized spacial score (nSPS) is 12.2. The number of unbranched alkanes of at least 4 members (excludes halogenated alkanes) is 8. The average molecular weight is 403 g/mol. The number of esters is 1. The average Bonchev–Trinajstić information content (AvgIpc) is 2.75. The number of methoxy groups -OCH3 is 1. The molecule has 0 bridgehead atoms. The van der Waals surface area contributed by atoms with E-state index in [9.17, 15) is 4.79 Å². The molecule has 0 fully saturated rings. The largest absolute Gasteiger partial charge is 0.497 e. The van der Waals surface area contributed by atoms with Crippen molar-refractivity contribution in [3.63, 3.8) is 0 Å². The maximum absolute atomic E-state index is 12.1. The van der Waals surface area contributed by atoms with Gasteiger partial charge in [0.25, 0.3) is 0 Å². The first-order chi connectivity index (χ1) is 14.2. The van der Waals surface area contributed by atoms with Crippen LogP contribution in [0.5, 0.6) is 5.75 Å². The van der Waals surface area contributed by atoms with E-state index < -0.39 is 0 Å². The topological polar surface area (TPSA) is 35.5 Å². The molecular formula is C26H42O3. The highest BCUT2D eigenvalue weighted by Gasteiger charge is 2.11. The molecule has 0 saturated carbocycles. The third-order valence-electron chi connectivity index (χ3n) is 5.42. The second-order valence-electron chi connectivity index (χ2n) is 8.01. The smallest absolute Gasteiger partial charge is 0.330 e. The zero-order valence-corrected chi connectivity index (χ0v) is 19.0. The summed E-state index contributed by atoms with van der Waals surface area (Å²) in [6.45, 7) is 5.04. The van der Waals surface area contributed by atoms with Gasteiger partial charge in [-0.3, -0.25) is 0 Å². The minimum Gasteiger partial charge on any atom is -0.497 e. The summed E-state index contributed by atoms with van der Waals surface area (Å²) in [5.41, 5.74) is 0.964. The summed E-state index contributed by atoms with van der Waals surface area (Å²) < 4.78 is 10.7. The second-order valence-corrected chi connectivity index (χ2v) is 8.01. The number of benzene rings is 1. The summed E-state index contributed by atoms with van der Waals surface area (Å²) in [5, 5.41) is 0. The predicted molar refractivity (Wildman–Crippen MR) is 123 cm³/mol. The number of rotatable bonds is 17. The third kappa shape index (κ3) is 13.1.